The summed E-state index contributed by atoms with van der Waals surface area (Å²) in [7, 11) is 1.60. The van der Waals surface area contributed by atoms with Crippen LogP contribution < -0.4 is 10.9 Å². The van der Waals surface area contributed by atoms with Crippen LogP contribution in [0, 0.1) is 0 Å². The maximum Gasteiger partial charge on any atom is 0.278 e. The standard InChI is InChI=1S/C20H24N4O3S/c1-27-11-10-24-19(26)18-17(14-8-4-5-9-15(14)22-18)23-20(24)28-12-16(25)21-13-6-2-3-7-13/h4-5,8-9,13,22H,2-3,6-7,10-12H2,1H3,(H,21,25). The van der Waals surface area contributed by atoms with Gasteiger partial charge in [-0.05, 0) is 18.9 Å². The van der Waals surface area contributed by atoms with Gasteiger partial charge in [0.1, 0.15) is 11.0 Å². The van der Waals surface area contributed by atoms with Crippen molar-refractivity contribution in [2.24, 2.45) is 0 Å². The van der Waals surface area contributed by atoms with Gasteiger partial charge in [-0.2, -0.15) is 0 Å². The average Bonchev–Trinajstić information content (AvgIpc) is 3.33. The fourth-order valence-corrected chi connectivity index (χ4v) is 4.56. The van der Waals surface area contributed by atoms with Crippen LogP contribution in [-0.4, -0.2) is 46.0 Å². The Kier molecular flexibility index (Phi) is 5.68. The molecule has 7 nitrogen and oxygen atoms in total. The number of aromatic amines is 1. The van der Waals surface area contributed by atoms with Crippen molar-refractivity contribution >= 4 is 39.6 Å². The SMILES string of the molecule is COCCn1c(SCC(=O)NC2CCCC2)nc2c([nH]c3ccccc32)c1=O. The summed E-state index contributed by atoms with van der Waals surface area (Å²) in [4.78, 5) is 33.3. The van der Waals surface area contributed by atoms with Crippen LogP contribution in [0.1, 0.15) is 25.7 Å². The molecule has 1 amide bonds. The molecule has 3 aromatic rings. The molecule has 0 aliphatic heterocycles. The van der Waals surface area contributed by atoms with Crippen molar-refractivity contribution in [1.29, 1.82) is 0 Å². The molecule has 2 aromatic heterocycles. The number of nitrogens with one attached hydrogen (secondary N) is 2. The summed E-state index contributed by atoms with van der Waals surface area (Å²) in [6.07, 6.45) is 4.45. The Labute approximate surface area is 166 Å². The lowest BCUT2D eigenvalue weighted by molar-refractivity contribution is -0.119. The molecule has 28 heavy (non-hydrogen) atoms. The van der Waals surface area contributed by atoms with Crippen LogP contribution in [0.15, 0.2) is 34.2 Å². The number of nitrogens with zero attached hydrogens (tertiary/aromatic N) is 2. The smallest absolute Gasteiger partial charge is 0.278 e. The summed E-state index contributed by atoms with van der Waals surface area (Å²) >= 11 is 1.30. The Balaban J connectivity index is 1.65. The summed E-state index contributed by atoms with van der Waals surface area (Å²) in [6, 6.07) is 8.01. The first-order valence-corrected chi connectivity index (χ1v) is 10.6. The van der Waals surface area contributed by atoms with Crippen LogP contribution in [0.5, 0.6) is 0 Å². The molecule has 148 valence electrons. The van der Waals surface area contributed by atoms with Gasteiger partial charge in [-0.15, -0.1) is 0 Å². The highest BCUT2D eigenvalue weighted by atomic mass is 32.2. The van der Waals surface area contributed by atoms with Crippen molar-refractivity contribution in [1.82, 2.24) is 19.9 Å². The Morgan fingerprint density at radius 1 is 1.36 bits per heavy atom. The highest BCUT2D eigenvalue weighted by Crippen LogP contribution is 2.25. The third kappa shape index (κ3) is 3.79. The first-order chi connectivity index (χ1) is 13.7. The lowest BCUT2D eigenvalue weighted by Crippen LogP contribution is -2.34. The van der Waals surface area contributed by atoms with E-state index in [-0.39, 0.29) is 23.3 Å². The molecule has 8 heteroatoms. The number of carbonyl (C=O) groups is 1. The van der Waals surface area contributed by atoms with Gasteiger partial charge in [0.05, 0.1) is 18.9 Å². The Morgan fingerprint density at radius 3 is 2.93 bits per heavy atom. The van der Waals surface area contributed by atoms with E-state index in [1.54, 1.807) is 11.7 Å². The van der Waals surface area contributed by atoms with Gasteiger partial charge in [0.25, 0.3) is 5.56 Å². The summed E-state index contributed by atoms with van der Waals surface area (Å²) in [5.74, 6) is 0.229. The highest BCUT2D eigenvalue weighted by Gasteiger charge is 2.19. The molecule has 2 heterocycles. The third-order valence-corrected chi connectivity index (χ3v) is 6.12. The number of H-pyrrole nitrogens is 1. The molecule has 1 aliphatic carbocycles. The van der Waals surface area contributed by atoms with Crippen LogP contribution in [0.3, 0.4) is 0 Å². The average molecular weight is 401 g/mol. The second-order valence-corrected chi connectivity index (χ2v) is 8.02. The van der Waals surface area contributed by atoms with Gasteiger partial charge >= 0.3 is 0 Å². The maximum absolute atomic E-state index is 13.1. The van der Waals surface area contributed by atoms with E-state index in [1.807, 2.05) is 24.3 Å². The first-order valence-electron chi connectivity index (χ1n) is 9.59. The number of hydrogen-bond donors (Lipinski definition) is 2. The number of rotatable bonds is 7. The second kappa shape index (κ2) is 8.36. The number of carbonyl (C=O) groups excluding carboxylic acids is 1. The minimum absolute atomic E-state index is 0.0107. The van der Waals surface area contributed by atoms with E-state index < -0.39 is 0 Å². The van der Waals surface area contributed by atoms with E-state index in [4.69, 9.17) is 9.72 Å². The summed E-state index contributed by atoms with van der Waals surface area (Å²) in [5.41, 5.74) is 1.86. The van der Waals surface area contributed by atoms with Gasteiger partial charge in [0.2, 0.25) is 5.91 Å². The fraction of sp³-hybridized carbons (Fsp3) is 0.450. The largest absolute Gasteiger partial charge is 0.383 e. The van der Waals surface area contributed by atoms with Crippen LogP contribution in [0.4, 0.5) is 0 Å². The Bertz CT molecular complexity index is 1050. The Morgan fingerprint density at radius 2 is 2.14 bits per heavy atom. The van der Waals surface area contributed by atoms with Gasteiger partial charge in [0.15, 0.2) is 5.16 Å². The van der Waals surface area contributed by atoms with Crippen molar-refractivity contribution in [3.8, 4) is 0 Å². The number of methoxy groups -OCH3 is 1. The molecule has 0 spiro atoms. The number of fused-ring (bicyclic) bond motifs is 3. The number of para-hydroxylation sites is 1. The van der Waals surface area contributed by atoms with Gasteiger partial charge in [-0.1, -0.05) is 42.8 Å². The van der Waals surface area contributed by atoms with E-state index in [0.29, 0.717) is 29.3 Å². The monoisotopic (exact) mass is 400 g/mol. The number of benzene rings is 1. The van der Waals surface area contributed by atoms with E-state index in [2.05, 4.69) is 10.3 Å². The second-order valence-electron chi connectivity index (χ2n) is 7.08. The molecule has 0 radical (unpaired) electrons. The van der Waals surface area contributed by atoms with Gasteiger partial charge in [0, 0.05) is 24.1 Å². The highest BCUT2D eigenvalue weighted by molar-refractivity contribution is 7.99. The number of thioether (sulfide) groups is 1. The van der Waals surface area contributed by atoms with Gasteiger partial charge < -0.3 is 15.0 Å². The molecule has 0 bridgehead atoms. The number of hydrogen-bond acceptors (Lipinski definition) is 5. The van der Waals surface area contributed by atoms with Crippen molar-refractivity contribution in [2.45, 2.75) is 43.4 Å². The zero-order valence-corrected chi connectivity index (χ0v) is 16.7. The van der Waals surface area contributed by atoms with Crippen LogP contribution in [0.2, 0.25) is 0 Å². The molecule has 0 unspecified atom stereocenters. The normalized spacial score (nSPS) is 14.9. The lowest BCUT2D eigenvalue weighted by Gasteiger charge is -2.13. The topological polar surface area (TPSA) is 89.0 Å². The molecule has 0 saturated heterocycles. The predicted molar refractivity (Wildman–Crippen MR) is 111 cm³/mol. The molecule has 1 saturated carbocycles. The van der Waals surface area contributed by atoms with Crippen molar-refractivity contribution in [2.75, 3.05) is 19.5 Å². The van der Waals surface area contributed by atoms with E-state index in [0.717, 1.165) is 23.7 Å². The summed E-state index contributed by atoms with van der Waals surface area (Å²) < 4.78 is 6.75. The minimum Gasteiger partial charge on any atom is -0.383 e. The van der Waals surface area contributed by atoms with Crippen LogP contribution in [0.25, 0.3) is 21.9 Å². The van der Waals surface area contributed by atoms with E-state index in [1.165, 1.54) is 24.6 Å². The number of aromatic nitrogens is 3. The molecular weight excluding hydrogens is 376 g/mol. The molecule has 1 aliphatic rings. The van der Waals surface area contributed by atoms with E-state index >= 15 is 0 Å². The molecule has 1 fully saturated rings. The van der Waals surface area contributed by atoms with Crippen LogP contribution in [-0.2, 0) is 16.1 Å². The number of amides is 1. The number of ether oxygens (including phenoxy) is 1. The summed E-state index contributed by atoms with van der Waals surface area (Å²) in [5, 5.41) is 4.53. The molecular formula is C20H24N4O3S. The van der Waals surface area contributed by atoms with Crippen LogP contribution >= 0.6 is 11.8 Å². The van der Waals surface area contributed by atoms with Gasteiger partial charge in [-0.3, -0.25) is 14.2 Å². The lowest BCUT2D eigenvalue weighted by atomic mass is 10.2. The molecule has 0 atom stereocenters. The van der Waals surface area contributed by atoms with Crippen molar-refractivity contribution in [3.05, 3.63) is 34.6 Å². The summed E-state index contributed by atoms with van der Waals surface area (Å²) in [6.45, 7) is 0.787. The quantitative estimate of drug-likeness (QED) is 0.470. The van der Waals surface area contributed by atoms with E-state index in [9.17, 15) is 9.59 Å². The minimum atomic E-state index is -0.142. The maximum atomic E-state index is 13.1. The molecule has 2 N–H and O–H groups in total. The zero-order valence-electron chi connectivity index (χ0n) is 15.9. The zero-order chi connectivity index (χ0) is 19.5. The Hall–Kier alpha value is -2.32. The first kappa shape index (κ1) is 19.0. The van der Waals surface area contributed by atoms with Crippen molar-refractivity contribution in [3.63, 3.8) is 0 Å². The fourth-order valence-electron chi connectivity index (χ4n) is 3.74. The predicted octanol–water partition coefficient (Wildman–Crippen LogP) is 2.68. The van der Waals surface area contributed by atoms with Crippen molar-refractivity contribution < 1.29 is 9.53 Å². The third-order valence-electron chi connectivity index (χ3n) is 5.15. The molecule has 1 aromatic carbocycles. The molecule has 4 rings (SSSR count). The van der Waals surface area contributed by atoms with Gasteiger partial charge in [-0.25, -0.2) is 4.98 Å².